The fraction of sp³-hybridized carbons (Fsp3) is 0.389. The van der Waals surface area contributed by atoms with Crippen molar-refractivity contribution in [2.75, 3.05) is 27.2 Å². The summed E-state index contributed by atoms with van der Waals surface area (Å²) in [6.45, 7) is 2.17. The van der Waals surface area contributed by atoms with E-state index in [0.29, 0.717) is 6.54 Å². The van der Waals surface area contributed by atoms with Gasteiger partial charge in [-0.05, 0) is 38.7 Å². The van der Waals surface area contributed by atoms with E-state index in [-0.39, 0.29) is 23.4 Å². The number of hydrogen-bond acceptors (Lipinski definition) is 4. The molecule has 1 aliphatic heterocycles. The van der Waals surface area contributed by atoms with E-state index in [4.69, 9.17) is 0 Å². The first kappa shape index (κ1) is 21.2. The Balaban J connectivity index is 2.47. The van der Waals surface area contributed by atoms with Crippen LogP contribution in [0.25, 0.3) is 0 Å². The highest BCUT2D eigenvalue weighted by molar-refractivity contribution is 5.96. The van der Waals surface area contributed by atoms with Crippen molar-refractivity contribution in [1.82, 2.24) is 20.4 Å². The van der Waals surface area contributed by atoms with Crippen LogP contribution in [0.3, 0.4) is 0 Å². The molecule has 0 spiro atoms. The molecule has 2 rings (SSSR count). The summed E-state index contributed by atoms with van der Waals surface area (Å²) in [4.78, 5) is 27.6. The summed E-state index contributed by atoms with van der Waals surface area (Å²) in [6.07, 6.45) is -4.60. The van der Waals surface area contributed by atoms with Gasteiger partial charge in [-0.25, -0.2) is 14.5 Å². The smallest absolute Gasteiger partial charge is 0.336 e. The molecule has 28 heavy (non-hydrogen) atoms. The lowest BCUT2D eigenvalue weighted by Crippen LogP contribution is -2.53. The Morgan fingerprint density at radius 2 is 2.07 bits per heavy atom. The molecule has 1 aromatic carbocycles. The van der Waals surface area contributed by atoms with E-state index in [0.717, 1.165) is 17.0 Å². The fourth-order valence-electron chi connectivity index (χ4n) is 2.77. The number of nitrogens with zero attached hydrogens (tertiary/aromatic N) is 3. The fourth-order valence-corrected chi connectivity index (χ4v) is 2.77. The molecule has 1 aliphatic rings. The highest BCUT2D eigenvalue weighted by Crippen LogP contribution is 2.36. The number of nitriles is 1. The molecule has 1 aromatic rings. The number of alkyl halides is 3. The number of rotatable bonds is 4. The zero-order chi connectivity index (χ0) is 21.1. The third kappa shape index (κ3) is 4.61. The van der Waals surface area contributed by atoms with Crippen molar-refractivity contribution >= 4 is 12.1 Å². The van der Waals surface area contributed by atoms with E-state index in [1.807, 2.05) is 11.0 Å². The van der Waals surface area contributed by atoms with Gasteiger partial charge in [0.15, 0.2) is 0 Å². The predicted molar refractivity (Wildman–Crippen MR) is 94.8 cm³/mol. The SMILES string of the molecule is CC1=C(C#N)C(c2cccc(C(F)(F)F)c2)N(C(=O)NCCN(C)C)C(=O)N1. The van der Waals surface area contributed by atoms with Crippen LogP contribution in [0.5, 0.6) is 0 Å². The molecule has 150 valence electrons. The molecule has 0 aliphatic carbocycles. The monoisotopic (exact) mass is 395 g/mol. The van der Waals surface area contributed by atoms with Crippen molar-refractivity contribution < 1.29 is 22.8 Å². The van der Waals surface area contributed by atoms with Gasteiger partial charge in [0.2, 0.25) is 0 Å². The minimum Gasteiger partial charge on any atom is -0.336 e. The maximum absolute atomic E-state index is 13.1. The molecular formula is C18H20F3N5O2. The summed E-state index contributed by atoms with van der Waals surface area (Å²) in [7, 11) is 3.59. The number of amides is 4. The number of likely N-dealkylation sites (N-methyl/N-ethyl adjacent to an activating group) is 1. The number of hydrogen-bond donors (Lipinski definition) is 2. The third-order valence-electron chi connectivity index (χ3n) is 4.15. The first-order chi connectivity index (χ1) is 13.1. The molecule has 0 saturated heterocycles. The number of allylic oxidation sites excluding steroid dienone is 1. The van der Waals surface area contributed by atoms with Gasteiger partial charge in [0.1, 0.15) is 6.04 Å². The summed E-state index contributed by atoms with van der Waals surface area (Å²) < 4.78 is 39.3. The number of urea groups is 2. The lowest BCUT2D eigenvalue weighted by Gasteiger charge is -2.35. The van der Waals surface area contributed by atoms with Crippen molar-refractivity contribution in [3.8, 4) is 6.07 Å². The van der Waals surface area contributed by atoms with Crippen LogP contribution in [0.15, 0.2) is 35.5 Å². The molecule has 7 nitrogen and oxygen atoms in total. The summed E-state index contributed by atoms with van der Waals surface area (Å²) in [5, 5.41) is 14.5. The van der Waals surface area contributed by atoms with E-state index in [1.54, 1.807) is 14.1 Å². The number of benzene rings is 1. The van der Waals surface area contributed by atoms with E-state index >= 15 is 0 Å². The van der Waals surface area contributed by atoms with Gasteiger partial charge in [-0.2, -0.15) is 18.4 Å². The lowest BCUT2D eigenvalue weighted by molar-refractivity contribution is -0.137. The number of carbonyl (C=O) groups is 2. The molecule has 0 saturated carbocycles. The largest absolute Gasteiger partial charge is 0.416 e. The van der Waals surface area contributed by atoms with Crippen LogP contribution in [0, 0.1) is 11.3 Å². The Kier molecular flexibility index (Phi) is 6.30. The second-order valence-electron chi connectivity index (χ2n) is 6.51. The summed E-state index contributed by atoms with van der Waals surface area (Å²) >= 11 is 0. The Hall–Kier alpha value is -3.06. The molecule has 1 atom stereocenters. The van der Waals surface area contributed by atoms with Crippen LogP contribution in [-0.4, -0.2) is 49.0 Å². The molecule has 0 bridgehead atoms. The molecule has 1 heterocycles. The lowest BCUT2D eigenvalue weighted by atomic mass is 9.93. The van der Waals surface area contributed by atoms with Crippen LogP contribution in [0.4, 0.5) is 22.8 Å². The predicted octanol–water partition coefficient (Wildman–Crippen LogP) is 2.84. The van der Waals surface area contributed by atoms with Gasteiger partial charge in [-0.1, -0.05) is 12.1 Å². The second-order valence-corrected chi connectivity index (χ2v) is 6.51. The van der Waals surface area contributed by atoms with Crippen LogP contribution in [-0.2, 0) is 6.18 Å². The number of imide groups is 1. The van der Waals surface area contributed by atoms with Crippen molar-refractivity contribution in [2.24, 2.45) is 0 Å². The summed E-state index contributed by atoms with van der Waals surface area (Å²) in [5.41, 5.74) is -0.740. The van der Waals surface area contributed by atoms with Gasteiger partial charge in [-0.3, -0.25) is 0 Å². The maximum Gasteiger partial charge on any atom is 0.416 e. The zero-order valence-corrected chi connectivity index (χ0v) is 15.6. The first-order valence-corrected chi connectivity index (χ1v) is 8.37. The quantitative estimate of drug-likeness (QED) is 0.821. The second kappa shape index (κ2) is 8.31. The van der Waals surface area contributed by atoms with Crippen LogP contribution < -0.4 is 10.6 Å². The first-order valence-electron chi connectivity index (χ1n) is 8.37. The molecule has 2 N–H and O–H groups in total. The molecule has 10 heteroatoms. The van der Waals surface area contributed by atoms with E-state index in [2.05, 4.69) is 10.6 Å². The van der Waals surface area contributed by atoms with Crippen molar-refractivity contribution in [2.45, 2.75) is 19.1 Å². The molecule has 1 unspecified atom stereocenters. The maximum atomic E-state index is 13.1. The minimum absolute atomic E-state index is 0.0123. The highest BCUT2D eigenvalue weighted by Gasteiger charge is 2.40. The van der Waals surface area contributed by atoms with Gasteiger partial charge in [0.25, 0.3) is 0 Å². The summed E-state index contributed by atoms with van der Waals surface area (Å²) in [6, 6.07) is 3.26. The topological polar surface area (TPSA) is 88.5 Å². The number of halogens is 3. The van der Waals surface area contributed by atoms with E-state index in [1.165, 1.54) is 19.1 Å². The molecule has 0 aromatic heterocycles. The minimum atomic E-state index is -4.60. The van der Waals surface area contributed by atoms with Gasteiger partial charge in [-0.15, -0.1) is 0 Å². The van der Waals surface area contributed by atoms with E-state index < -0.39 is 29.8 Å². The van der Waals surface area contributed by atoms with Gasteiger partial charge >= 0.3 is 18.2 Å². The highest BCUT2D eigenvalue weighted by atomic mass is 19.4. The van der Waals surface area contributed by atoms with Crippen LogP contribution in [0.2, 0.25) is 0 Å². The van der Waals surface area contributed by atoms with Crippen LogP contribution >= 0.6 is 0 Å². The van der Waals surface area contributed by atoms with Gasteiger partial charge in [0, 0.05) is 18.8 Å². The standard InChI is InChI=1S/C18H20F3N5O2/c1-11-14(10-22)15(12-5-4-6-13(9-12)18(19,20)21)26(17(28)24-11)16(27)23-7-8-25(2)3/h4-6,9,15H,7-8H2,1-3H3,(H,23,27)(H,24,28). The molecule has 0 radical (unpaired) electrons. The average Bonchev–Trinajstić information content (AvgIpc) is 2.60. The van der Waals surface area contributed by atoms with Crippen molar-refractivity contribution in [3.05, 3.63) is 46.7 Å². The zero-order valence-electron chi connectivity index (χ0n) is 15.6. The summed E-state index contributed by atoms with van der Waals surface area (Å²) in [5.74, 6) is 0. The molecule has 0 fully saturated rings. The Bertz CT molecular complexity index is 842. The number of carbonyl (C=O) groups excluding carboxylic acids is 2. The van der Waals surface area contributed by atoms with E-state index in [9.17, 15) is 28.0 Å². The normalized spacial score (nSPS) is 17.4. The van der Waals surface area contributed by atoms with Crippen molar-refractivity contribution in [3.63, 3.8) is 0 Å². The van der Waals surface area contributed by atoms with Crippen molar-refractivity contribution in [1.29, 1.82) is 5.26 Å². The van der Waals surface area contributed by atoms with Gasteiger partial charge < -0.3 is 15.5 Å². The Labute approximate surface area is 160 Å². The van der Waals surface area contributed by atoms with Gasteiger partial charge in [0.05, 0.1) is 17.2 Å². The molecular weight excluding hydrogens is 375 g/mol. The van der Waals surface area contributed by atoms with Crippen LogP contribution in [0.1, 0.15) is 24.1 Å². The Morgan fingerprint density at radius 3 is 2.64 bits per heavy atom. The Morgan fingerprint density at radius 1 is 1.39 bits per heavy atom. The third-order valence-corrected chi connectivity index (χ3v) is 4.15. The number of nitrogens with one attached hydrogen (secondary N) is 2. The molecule has 4 amide bonds. The average molecular weight is 395 g/mol.